The maximum atomic E-state index is 13.3. The summed E-state index contributed by atoms with van der Waals surface area (Å²) in [6.07, 6.45) is 1.19. The first kappa shape index (κ1) is 11.3. The van der Waals surface area contributed by atoms with Crippen LogP contribution in [-0.4, -0.2) is 9.55 Å². The first-order chi connectivity index (χ1) is 8.08. The van der Waals surface area contributed by atoms with Crippen molar-refractivity contribution in [2.45, 2.75) is 6.54 Å². The average molecular weight is 238 g/mol. The smallest absolute Gasteiger partial charge is 0.296 e. The summed E-state index contributed by atoms with van der Waals surface area (Å²) in [5, 5.41) is 0. The molecule has 0 bridgehead atoms. The van der Waals surface area contributed by atoms with Gasteiger partial charge in [0.25, 0.3) is 5.56 Å². The molecule has 0 radical (unpaired) electrons. The van der Waals surface area contributed by atoms with Crippen LogP contribution in [0.1, 0.15) is 5.56 Å². The van der Waals surface area contributed by atoms with Crippen molar-refractivity contribution in [3.05, 3.63) is 68.5 Å². The molecule has 1 aromatic carbocycles. The summed E-state index contributed by atoms with van der Waals surface area (Å²) in [5.74, 6) is -1.47. The largest absolute Gasteiger partial charge is 0.328 e. The standard InChI is InChI=1S/C11H8F2N2O2/c12-8-2-1-3-9(13)7(8)6-15-5-4-10(16)14-11(15)17/h1-5H,6H2,(H,14,16,17). The third-order valence-corrected chi connectivity index (χ3v) is 2.29. The maximum absolute atomic E-state index is 13.3. The summed E-state index contributed by atoms with van der Waals surface area (Å²) in [4.78, 5) is 24.1. The molecule has 1 aromatic heterocycles. The minimum absolute atomic E-state index is 0.221. The minimum Gasteiger partial charge on any atom is -0.296 e. The van der Waals surface area contributed by atoms with Gasteiger partial charge in [-0.3, -0.25) is 14.3 Å². The van der Waals surface area contributed by atoms with E-state index < -0.39 is 22.9 Å². The predicted molar refractivity (Wildman–Crippen MR) is 56.8 cm³/mol. The van der Waals surface area contributed by atoms with Crippen molar-refractivity contribution in [3.63, 3.8) is 0 Å². The van der Waals surface area contributed by atoms with Crippen molar-refractivity contribution < 1.29 is 8.78 Å². The van der Waals surface area contributed by atoms with Gasteiger partial charge in [0.2, 0.25) is 0 Å². The molecule has 6 heteroatoms. The first-order valence-electron chi connectivity index (χ1n) is 4.80. The molecule has 0 atom stereocenters. The van der Waals surface area contributed by atoms with Crippen LogP contribution in [0.4, 0.5) is 8.78 Å². The van der Waals surface area contributed by atoms with Gasteiger partial charge in [0.15, 0.2) is 0 Å². The van der Waals surface area contributed by atoms with E-state index in [0.717, 1.165) is 22.8 Å². The second kappa shape index (κ2) is 4.32. The van der Waals surface area contributed by atoms with Gasteiger partial charge in [-0.2, -0.15) is 0 Å². The van der Waals surface area contributed by atoms with Crippen molar-refractivity contribution >= 4 is 0 Å². The van der Waals surface area contributed by atoms with E-state index in [2.05, 4.69) is 0 Å². The highest BCUT2D eigenvalue weighted by molar-refractivity contribution is 5.19. The molecule has 0 saturated carbocycles. The summed E-state index contributed by atoms with van der Waals surface area (Å²) in [7, 11) is 0. The number of hydrogen-bond acceptors (Lipinski definition) is 2. The van der Waals surface area contributed by atoms with E-state index in [9.17, 15) is 18.4 Å². The average Bonchev–Trinajstić information content (AvgIpc) is 2.26. The lowest BCUT2D eigenvalue weighted by Gasteiger charge is -2.06. The van der Waals surface area contributed by atoms with Crippen LogP contribution < -0.4 is 11.2 Å². The summed E-state index contributed by atoms with van der Waals surface area (Å²) < 4.78 is 27.7. The lowest BCUT2D eigenvalue weighted by molar-refractivity contribution is 0.539. The van der Waals surface area contributed by atoms with Crippen molar-refractivity contribution in [2.24, 2.45) is 0 Å². The van der Waals surface area contributed by atoms with Gasteiger partial charge in [-0.15, -0.1) is 0 Å². The van der Waals surface area contributed by atoms with Crippen LogP contribution in [0.25, 0.3) is 0 Å². The molecule has 1 heterocycles. The highest BCUT2D eigenvalue weighted by Gasteiger charge is 2.09. The number of halogens is 2. The van der Waals surface area contributed by atoms with Crippen LogP contribution in [-0.2, 0) is 6.54 Å². The highest BCUT2D eigenvalue weighted by Crippen LogP contribution is 2.12. The lowest BCUT2D eigenvalue weighted by atomic mass is 10.2. The van der Waals surface area contributed by atoms with Gasteiger partial charge < -0.3 is 0 Å². The molecule has 0 unspecified atom stereocenters. The molecule has 88 valence electrons. The Balaban J connectivity index is 2.45. The van der Waals surface area contributed by atoms with Gasteiger partial charge in [-0.1, -0.05) is 6.07 Å². The zero-order chi connectivity index (χ0) is 12.4. The molecular weight excluding hydrogens is 230 g/mol. The summed E-state index contributed by atoms with van der Waals surface area (Å²) in [6.45, 7) is -0.270. The molecule has 0 amide bonds. The van der Waals surface area contributed by atoms with Crippen LogP contribution in [0.5, 0.6) is 0 Å². The molecule has 0 spiro atoms. The zero-order valence-electron chi connectivity index (χ0n) is 8.61. The van der Waals surface area contributed by atoms with Crippen molar-refractivity contribution in [2.75, 3.05) is 0 Å². The number of rotatable bonds is 2. The number of H-pyrrole nitrogens is 1. The minimum atomic E-state index is -0.733. The van der Waals surface area contributed by atoms with E-state index in [-0.39, 0.29) is 12.1 Å². The van der Waals surface area contributed by atoms with Crippen molar-refractivity contribution in [1.82, 2.24) is 9.55 Å². The number of benzene rings is 1. The molecule has 0 aliphatic heterocycles. The van der Waals surface area contributed by atoms with E-state index in [1.165, 1.54) is 12.3 Å². The molecular formula is C11H8F2N2O2. The van der Waals surface area contributed by atoms with Gasteiger partial charge in [-0.05, 0) is 12.1 Å². The lowest BCUT2D eigenvalue weighted by Crippen LogP contribution is -2.29. The Kier molecular flexibility index (Phi) is 2.86. The molecule has 2 aromatic rings. The fraction of sp³-hybridized carbons (Fsp3) is 0.0909. The molecule has 0 fully saturated rings. The molecule has 17 heavy (non-hydrogen) atoms. The molecule has 0 aliphatic carbocycles. The maximum Gasteiger partial charge on any atom is 0.328 e. The Morgan fingerprint density at radius 3 is 2.35 bits per heavy atom. The van der Waals surface area contributed by atoms with E-state index in [1.54, 1.807) is 0 Å². The fourth-order valence-corrected chi connectivity index (χ4v) is 1.42. The third kappa shape index (κ3) is 2.30. The first-order valence-corrected chi connectivity index (χ1v) is 4.80. The summed E-state index contributed by atoms with van der Waals surface area (Å²) in [6, 6.07) is 4.56. The Hall–Kier alpha value is -2.24. The van der Waals surface area contributed by atoms with E-state index >= 15 is 0 Å². The Morgan fingerprint density at radius 2 is 1.76 bits per heavy atom. The summed E-state index contributed by atoms with van der Waals surface area (Å²) >= 11 is 0. The van der Waals surface area contributed by atoms with Gasteiger partial charge in [0, 0.05) is 17.8 Å². The van der Waals surface area contributed by atoms with E-state index in [1.807, 2.05) is 4.98 Å². The van der Waals surface area contributed by atoms with Gasteiger partial charge in [0.1, 0.15) is 11.6 Å². The van der Waals surface area contributed by atoms with Crippen molar-refractivity contribution in [1.29, 1.82) is 0 Å². The van der Waals surface area contributed by atoms with Crippen LogP contribution in [0.15, 0.2) is 40.1 Å². The number of nitrogens with zero attached hydrogens (tertiary/aromatic N) is 1. The molecule has 2 rings (SSSR count). The predicted octanol–water partition coefficient (Wildman–Crippen LogP) is 0.863. The molecule has 4 nitrogen and oxygen atoms in total. The second-order valence-corrected chi connectivity index (χ2v) is 3.44. The van der Waals surface area contributed by atoms with Crippen molar-refractivity contribution in [3.8, 4) is 0 Å². The molecule has 0 aliphatic rings. The van der Waals surface area contributed by atoms with Crippen LogP contribution in [0.2, 0.25) is 0 Å². The SMILES string of the molecule is O=c1ccn(Cc2c(F)cccc2F)c(=O)[nH]1. The normalized spacial score (nSPS) is 10.5. The van der Waals surface area contributed by atoms with E-state index in [0.29, 0.717) is 0 Å². The number of nitrogens with one attached hydrogen (secondary N) is 1. The summed E-state index contributed by atoms with van der Waals surface area (Å²) in [5.41, 5.74) is -1.48. The van der Waals surface area contributed by atoms with Crippen LogP contribution in [0, 0.1) is 11.6 Å². The van der Waals surface area contributed by atoms with Gasteiger partial charge in [0.05, 0.1) is 6.54 Å². The van der Waals surface area contributed by atoms with E-state index in [4.69, 9.17) is 0 Å². The molecule has 0 saturated heterocycles. The number of aromatic amines is 1. The van der Waals surface area contributed by atoms with Crippen LogP contribution >= 0.6 is 0 Å². The Labute approximate surface area is 94.2 Å². The Morgan fingerprint density at radius 1 is 1.12 bits per heavy atom. The number of hydrogen-bond donors (Lipinski definition) is 1. The third-order valence-electron chi connectivity index (χ3n) is 2.29. The Bertz CT molecular complexity index is 641. The highest BCUT2D eigenvalue weighted by atomic mass is 19.1. The van der Waals surface area contributed by atoms with Gasteiger partial charge in [-0.25, -0.2) is 13.6 Å². The van der Waals surface area contributed by atoms with Gasteiger partial charge >= 0.3 is 5.69 Å². The van der Waals surface area contributed by atoms with Crippen LogP contribution in [0.3, 0.4) is 0 Å². The molecule has 1 N–H and O–H groups in total. The number of aromatic nitrogens is 2. The monoisotopic (exact) mass is 238 g/mol. The fourth-order valence-electron chi connectivity index (χ4n) is 1.42. The second-order valence-electron chi connectivity index (χ2n) is 3.44. The quantitative estimate of drug-likeness (QED) is 0.843. The topological polar surface area (TPSA) is 54.9 Å². The zero-order valence-corrected chi connectivity index (χ0v) is 8.61.